The van der Waals surface area contributed by atoms with Crippen LogP contribution in [0.3, 0.4) is 0 Å². The number of halogens is 1. The monoisotopic (exact) mass is 332 g/mol. The molecule has 0 saturated carbocycles. The second kappa shape index (κ2) is 8.23. The first-order chi connectivity index (χ1) is 10.7. The molecule has 0 amide bonds. The standard InChI is InChI=1S/C19H24N2O.ClH/c1-22-19-7-3-5-17(13-19)16-8-10-21(11-9-16)14-15-4-2-6-18(20)12-15;/h2-7,12-13,16H,8-11,14,20H2,1H3;1H. The van der Waals surface area contributed by atoms with Gasteiger partial charge in [0.2, 0.25) is 0 Å². The number of nitrogens with two attached hydrogens (primary N) is 1. The molecule has 4 heteroatoms. The van der Waals surface area contributed by atoms with E-state index in [2.05, 4.69) is 35.2 Å². The normalized spacial score (nSPS) is 15.9. The lowest BCUT2D eigenvalue weighted by Crippen LogP contribution is -2.32. The first-order valence-electron chi connectivity index (χ1n) is 7.95. The average Bonchev–Trinajstić information content (AvgIpc) is 2.56. The highest BCUT2D eigenvalue weighted by molar-refractivity contribution is 5.85. The number of rotatable bonds is 4. The van der Waals surface area contributed by atoms with Crippen LogP contribution < -0.4 is 10.5 Å². The number of methoxy groups -OCH3 is 1. The summed E-state index contributed by atoms with van der Waals surface area (Å²) in [6.07, 6.45) is 2.41. The van der Waals surface area contributed by atoms with Gasteiger partial charge in [0.05, 0.1) is 7.11 Å². The fraction of sp³-hybridized carbons (Fsp3) is 0.368. The van der Waals surface area contributed by atoms with E-state index in [4.69, 9.17) is 10.5 Å². The fourth-order valence-electron chi connectivity index (χ4n) is 3.27. The molecule has 2 N–H and O–H groups in total. The maximum atomic E-state index is 5.86. The smallest absolute Gasteiger partial charge is 0.119 e. The molecule has 2 aromatic rings. The van der Waals surface area contributed by atoms with E-state index in [1.165, 1.54) is 24.0 Å². The molecule has 1 fully saturated rings. The number of nitrogen functional groups attached to an aromatic ring is 1. The number of hydrogen-bond donors (Lipinski definition) is 1. The van der Waals surface area contributed by atoms with E-state index in [0.717, 1.165) is 31.1 Å². The van der Waals surface area contributed by atoms with Crippen molar-refractivity contribution in [1.29, 1.82) is 0 Å². The Labute approximate surface area is 144 Å². The van der Waals surface area contributed by atoms with Crippen LogP contribution in [0.25, 0.3) is 0 Å². The number of anilines is 1. The SMILES string of the molecule is COc1cccc(C2CCN(Cc3cccc(N)c3)CC2)c1.Cl. The quantitative estimate of drug-likeness (QED) is 0.857. The van der Waals surface area contributed by atoms with Crippen LogP contribution in [0.2, 0.25) is 0 Å². The molecule has 1 heterocycles. The largest absolute Gasteiger partial charge is 0.497 e. The zero-order valence-corrected chi connectivity index (χ0v) is 14.4. The Morgan fingerprint density at radius 2 is 1.83 bits per heavy atom. The Kier molecular flexibility index (Phi) is 6.31. The molecule has 0 spiro atoms. The van der Waals surface area contributed by atoms with Gasteiger partial charge in [-0.15, -0.1) is 12.4 Å². The van der Waals surface area contributed by atoms with Crippen molar-refractivity contribution in [2.45, 2.75) is 25.3 Å². The van der Waals surface area contributed by atoms with Gasteiger partial charge in [0, 0.05) is 12.2 Å². The summed E-state index contributed by atoms with van der Waals surface area (Å²) in [5.41, 5.74) is 9.42. The number of ether oxygens (including phenoxy) is 1. The lowest BCUT2D eigenvalue weighted by Gasteiger charge is -2.32. The molecule has 2 aromatic carbocycles. The van der Waals surface area contributed by atoms with Crippen molar-refractivity contribution in [3.8, 4) is 5.75 Å². The highest BCUT2D eigenvalue weighted by atomic mass is 35.5. The summed E-state index contributed by atoms with van der Waals surface area (Å²) in [5.74, 6) is 1.60. The van der Waals surface area contributed by atoms with Crippen LogP contribution >= 0.6 is 12.4 Å². The zero-order valence-electron chi connectivity index (χ0n) is 13.6. The molecule has 0 aromatic heterocycles. The number of benzene rings is 2. The Balaban J connectivity index is 0.00000192. The fourth-order valence-corrected chi connectivity index (χ4v) is 3.27. The summed E-state index contributed by atoms with van der Waals surface area (Å²) in [6, 6.07) is 16.7. The van der Waals surface area contributed by atoms with Gasteiger partial charge in [-0.2, -0.15) is 0 Å². The summed E-state index contributed by atoms with van der Waals surface area (Å²) in [5, 5.41) is 0. The van der Waals surface area contributed by atoms with E-state index in [-0.39, 0.29) is 12.4 Å². The third kappa shape index (κ3) is 4.63. The first-order valence-corrected chi connectivity index (χ1v) is 7.95. The van der Waals surface area contributed by atoms with Crippen LogP contribution in [-0.4, -0.2) is 25.1 Å². The third-order valence-corrected chi connectivity index (χ3v) is 4.51. The number of likely N-dealkylation sites (tertiary alicyclic amines) is 1. The highest BCUT2D eigenvalue weighted by Gasteiger charge is 2.20. The zero-order chi connectivity index (χ0) is 15.4. The molecule has 3 nitrogen and oxygen atoms in total. The predicted molar refractivity (Wildman–Crippen MR) is 98.3 cm³/mol. The van der Waals surface area contributed by atoms with E-state index in [1.54, 1.807) is 7.11 Å². The van der Waals surface area contributed by atoms with Gasteiger partial charge in [-0.05, 0) is 67.2 Å². The van der Waals surface area contributed by atoms with Gasteiger partial charge >= 0.3 is 0 Å². The number of nitrogens with zero attached hydrogens (tertiary/aromatic N) is 1. The molecule has 124 valence electrons. The van der Waals surface area contributed by atoms with Crippen LogP contribution in [0.4, 0.5) is 5.69 Å². The van der Waals surface area contributed by atoms with Crippen LogP contribution in [0.15, 0.2) is 48.5 Å². The minimum absolute atomic E-state index is 0. The van der Waals surface area contributed by atoms with E-state index >= 15 is 0 Å². The Hall–Kier alpha value is -1.71. The van der Waals surface area contributed by atoms with Crippen molar-refractivity contribution in [3.63, 3.8) is 0 Å². The average molecular weight is 333 g/mol. The van der Waals surface area contributed by atoms with Crippen LogP contribution in [-0.2, 0) is 6.54 Å². The molecule has 0 bridgehead atoms. The molecule has 0 atom stereocenters. The van der Waals surface area contributed by atoms with Gasteiger partial charge in [-0.25, -0.2) is 0 Å². The van der Waals surface area contributed by atoms with E-state index < -0.39 is 0 Å². The Morgan fingerprint density at radius 3 is 2.52 bits per heavy atom. The Morgan fingerprint density at radius 1 is 1.09 bits per heavy atom. The molecule has 1 aliphatic rings. The van der Waals surface area contributed by atoms with Crippen molar-refractivity contribution in [1.82, 2.24) is 4.90 Å². The van der Waals surface area contributed by atoms with Crippen LogP contribution in [0.1, 0.15) is 29.9 Å². The minimum atomic E-state index is 0. The van der Waals surface area contributed by atoms with Gasteiger partial charge in [0.1, 0.15) is 5.75 Å². The van der Waals surface area contributed by atoms with E-state index in [9.17, 15) is 0 Å². The molecule has 1 aliphatic heterocycles. The Bertz CT molecular complexity index is 624. The second-order valence-corrected chi connectivity index (χ2v) is 6.07. The van der Waals surface area contributed by atoms with E-state index in [0.29, 0.717) is 5.92 Å². The van der Waals surface area contributed by atoms with Gasteiger partial charge in [0.25, 0.3) is 0 Å². The van der Waals surface area contributed by atoms with Crippen molar-refractivity contribution in [2.24, 2.45) is 0 Å². The lowest BCUT2D eigenvalue weighted by molar-refractivity contribution is 0.204. The highest BCUT2D eigenvalue weighted by Crippen LogP contribution is 2.30. The molecule has 1 saturated heterocycles. The van der Waals surface area contributed by atoms with E-state index in [1.807, 2.05) is 18.2 Å². The lowest BCUT2D eigenvalue weighted by atomic mass is 9.89. The topological polar surface area (TPSA) is 38.5 Å². The third-order valence-electron chi connectivity index (χ3n) is 4.51. The molecule has 0 radical (unpaired) electrons. The number of hydrogen-bond acceptors (Lipinski definition) is 3. The minimum Gasteiger partial charge on any atom is -0.497 e. The maximum Gasteiger partial charge on any atom is 0.119 e. The molecule has 23 heavy (non-hydrogen) atoms. The summed E-state index contributed by atoms with van der Waals surface area (Å²) >= 11 is 0. The van der Waals surface area contributed by atoms with Gasteiger partial charge in [-0.3, -0.25) is 4.90 Å². The summed E-state index contributed by atoms with van der Waals surface area (Å²) in [6.45, 7) is 3.27. The molecular weight excluding hydrogens is 308 g/mol. The van der Waals surface area contributed by atoms with Crippen molar-refractivity contribution in [2.75, 3.05) is 25.9 Å². The van der Waals surface area contributed by atoms with Crippen LogP contribution in [0.5, 0.6) is 5.75 Å². The van der Waals surface area contributed by atoms with Gasteiger partial charge in [0.15, 0.2) is 0 Å². The van der Waals surface area contributed by atoms with Crippen molar-refractivity contribution in [3.05, 3.63) is 59.7 Å². The number of piperidine rings is 1. The predicted octanol–water partition coefficient (Wildman–Crippen LogP) is 4.08. The first kappa shape index (κ1) is 17.6. The van der Waals surface area contributed by atoms with Gasteiger partial charge in [-0.1, -0.05) is 24.3 Å². The van der Waals surface area contributed by atoms with Crippen molar-refractivity contribution >= 4 is 18.1 Å². The summed E-state index contributed by atoms with van der Waals surface area (Å²) in [7, 11) is 1.73. The molecular formula is C19H25ClN2O. The summed E-state index contributed by atoms with van der Waals surface area (Å²) in [4.78, 5) is 2.52. The molecule has 0 unspecified atom stereocenters. The second-order valence-electron chi connectivity index (χ2n) is 6.07. The van der Waals surface area contributed by atoms with Gasteiger partial charge < -0.3 is 10.5 Å². The molecule has 0 aliphatic carbocycles. The van der Waals surface area contributed by atoms with Crippen LogP contribution in [0, 0.1) is 0 Å². The molecule has 3 rings (SSSR count). The maximum absolute atomic E-state index is 5.86. The van der Waals surface area contributed by atoms with Crippen molar-refractivity contribution < 1.29 is 4.74 Å². The summed E-state index contributed by atoms with van der Waals surface area (Å²) < 4.78 is 5.33.